The van der Waals surface area contributed by atoms with Gasteiger partial charge in [-0.1, -0.05) is 0 Å². The first kappa shape index (κ1) is 14.9. The zero-order chi connectivity index (χ0) is 12.8. The summed E-state index contributed by atoms with van der Waals surface area (Å²) < 4.78 is 9.35. The molecule has 0 bridgehead atoms. The summed E-state index contributed by atoms with van der Waals surface area (Å²) >= 11 is 0. The SMILES string of the molecule is COCCC(C)(NC(C)C(=O)OC)C(=O)O. The van der Waals surface area contributed by atoms with E-state index in [1.54, 1.807) is 6.92 Å². The number of rotatable bonds is 7. The second-order valence-electron chi connectivity index (χ2n) is 3.77. The van der Waals surface area contributed by atoms with Gasteiger partial charge in [-0.3, -0.25) is 14.9 Å². The molecule has 0 aromatic heterocycles. The van der Waals surface area contributed by atoms with E-state index in [-0.39, 0.29) is 6.42 Å². The number of methoxy groups -OCH3 is 2. The van der Waals surface area contributed by atoms with Crippen LogP contribution in [0, 0.1) is 0 Å². The summed E-state index contributed by atoms with van der Waals surface area (Å²) in [5, 5.41) is 11.8. The minimum absolute atomic E-state index is 0.264. The molecule has 0 radical (unpaired) electrons. The Morgan fingerprint density at radius 3 is 2.38 bits per heavy atom. The van der Waals surface area contributed by atoms with Gasteiger partial charge in [0.15, 0.2) is 0 Å². The highest BCUT2D eigenvalue weighted by Crippen LogP contribution is 2.11. The number of carbonyl (C=O) groups is 2. The van der Waals surface area contributed by atoms with Crippen LogP contribution >= 0.6 is 0 Å². The Morgan fingerprint density at radius 2 is 2.00 bits per heavy atom. The molecule has 0 saturated heterocycles. The summed E-state index contributed by atoms with van der Waals surface area (Å²) in [6.45, 7) is 3.36. The number of ether oxygens (including phenoxy) is 2. The maximum Gasteiger partial charge on any atom is 0.323 e. The van der Waals surface area contributed by atoms with Crippen LogP contribution in [0.5, 0.6) is 0 Å². The van der Waals surface area contributed by atoms with E-state index in [2.05, 4.69) is 10.1 Å². The minimum Gasteiger partial charge on any atom is -0.480 e. The van der Waals surface area contributed by atoms with Crippen LogP contribution in [0.3, 0.4) is 0 Å². The lowest BCUT2D eigenvalue weighted by atomic mass is 9.97. The second kappa shape index (κ2) is 6.44. The number of carboxylic acids is 1. The molecule has 2 N–H and O–H groups in total. The second-order valence-corrected chi connectivity index (χ2v) is 3.77. The molecule has 0 aliphatic rings. The third-order valence-corrected chi connectivity index (χ3v) is 2.37. The van der Waals surface area contributed by atoms with Crippen molar-refractivity contribution in [2.75, 3.05) is 20.8 Å². The highest BCUT2D eigenvalue weighted by Gasteiger charge is 2.35. The lowest BCUT2D eigenvalue weighted by molar-refractivity contribution is -0.148. The zero-order valence-corrected chi connectivity index (χ0v) is 10.1. The standard InChI is InChI=1S/C10H19NO5/c1-7(8(12)16-4)11-10(2,9(13)14)5-6-15-3/h7,11H,5-6H2,1-4H3,(H,13,14). The van der Waals surface area contributed by atoms with Gasteiger partial charge in [-0.15, -0.1) is 0 Å². The van der Waals surface area contributed by atoms with Crippen molar-refractivity contribution in [1.29, 1.82) is 0 Å². The number of hydrogen-bond donors (Lipinski definition) is 2. The Labute approximate surface area is 94.9 Å². The quantitative estimate of drug-likeness (QED) is 0.603. The highest BCUT2D eigenvalue weighted by molar-refractivity contribution is 5.81. The van der Waals surface area contributed by atoms with Crippen LogP contribution < -0.4 is 5.32 Å². The third kappa shape index (κ3) is 4.16. The summed E-state index contributed by atoms with van der Waals surface area (Å²) in [6.07, 6.45) is 0.264. The molecule has 0 aliphatic carbocycles. The fourth-order valence-electron chi connectivity index (χ4n) is 1.26. The summed E-state index contributed by atoms with van der Waals surface area (Å²) in [5.41, 5.74) is -1.20. The van der Waals surface area contributed by atoms with Crippen molar-refractivity contribution in [3.05, 3.63) is 0 Å². The van der Waals surface area contributed by atoms with Gasteiger partial charge in [0.1, 0.15) is 11.6 Å². The first-order valence-electron chi connectivity index (χ1n) is 4.95. The van der Waals surface area contributed by atoms with E-state index in [1.807, 2.05) is 0 Å². The van der Waals surface area contributed by atoms with E-state index < -0.39 is 23.5 Å². The molecule has 0 amide bonds. The van der Waals surface area contributed by atoms with Crippen molar-refractivity contribution in [3.63, 3.8) is 0 Å². The topological polar surface area (TPSA) is 84.9 Å². The summed E-state index contributed by atoms with van der Waals surface area (Å²) in [4.78, 5) is 22.3. The predicted octanol–water partition coefficient (Wildman–Crippen LogP) is 0.0173. The van der Waals surface area contributed by atoms with Crippen LogP contribution in [0.15, 0.2) is 0 Å². The van der Waals surface area contributed by atoms with E-state index in [4.69, 9.17) is 9.84 Å². The van der Waals surface area contributed by atoms with Crippen LogP contribution in [-0.2, 0) is 19.1 Å². The summed E-state index contributed by atoms with van der Waals surface area (Å²) in [6, 6.07) is -0.678. The van der Waals surface area contributed by atoms with Gasteiger partial charge in [0, 0.05) is 13.7 Å². The Bertz CT molecular complexity index is 256. The van der Waals surface area contributed by atoms with Crippen molar-refractivity contribution in [2.45, 2.75) is 31.8 Å². The van der Waals surface area contributed by atoms with E-state index in [1.165, 1.54) is 21.1 Å². The number of nitrogens with one attached hydrogen (secondary N) is 1. The number of esters is 1. The summed E-state index contributed by atoms with van der Waals surface area (Å²) in [7, 11) is 2.75. The molecule has 2 atom stereocenters. The van der Waals surface area contributed by atoms with E-state index >= 15 is 0 Å². The van der Waals surface area contributed by atoms with Gasteiger partial charge in [0.25, 0.3) is 0 Å². The monoisotopic (exact) mass is 233 g/mol. The van der Waals surface area contributed by atoms with Crippen molar-refractivity contribution in [1.82, 2.24) is 5.32 Å². The van der Waals surface area contributed by atoms with Crippen molar-refractivity contribution >= 4 is 11.9 Å². The molecule has 0 aromatic rings. The highest BCUT2D eigenvalue weighted by atomic mass is 16.5. The third-order valence-electron chi connectivity index (χ3n) is 2.37. The average Bonchev–Trinajstić information content (AvgIpc) is 2.24. The van der Waals surface area contributed by atoms with Crippen molar-refractivity contribution < 1.29 is 24.2 Å². The van der Waals surface area contributed by atoms with Gasteiger partial charge in [0.05, 0.1) is 7.11 Å². The molecule has 2 unspecified atom stereocenters. The molecule has 0 rings (SSSR count). The van der Waals surface area contributed by atoms with Gasteiger partial charge in [-0.2, -0.15) is 0 Å². The first-order valence-corrected chi connectivity index (χ1v) is 4.95. The largest absolute Gasteiger partial charge is 0.480 e. The van der Waals surface area contributed by atoms with Crippen LogP contribution in [0.2, 0.25) is 0 Å². The molecule has 6 nitrogen and oxygen atoms in total. The Balaban J connectivity index is 4.54. The molecule has 0 fully saturated rings. The number of carbonyl (C=O) groups excluding carboxylic acids is 1. The van der Waals surface area contributed by atoms with Gasteiger partial charge in [0.2, 0.25) is 0 Å². The fourth-order valence-corrected chi connectivity index (χ4v) is 1.26. The molecule has 0 aromatic carbocycles. The van der Waals surface area contributed by atoms with Crippen molar-refractivity contribution in [2.24, 2.45) is 0 Å². The number of carboxylic acid groups (broad SMARTS) is 1. The summed E-state index contributed by atoms with van der Waals surface area (Å²) in [5.74, 6) is -1.52. The maximum atomic E-state index is 11.2. The van der Waals surface area contributed by atoms with Gasteiger partial charge in [-0.25, -0.2) is 0 Å². The molecule has 0 heterocycles. The van der Waals surface area contributed by atoms with Crippen LogP contribution in [0.25, 0.3) is 0 Å². The molecule has 16 heavy (non-hydrogen) atoms. The molecule has 94 valence electrons. The normalized spacial score (nSPS) is 16.2. The van der Waals surface area contributed by atoms with Crippen LogP contribution in [0.1, 0.15) is 20.3 Å². The Morgan fingerprint density at radius 1 is 1.44 bits per heavy atom. The van der Waals surface area contributed by atoms with Crippen molar-refractivity contribution in [3.8, 4) is 0 Å². The predicted molar refractivity (Wildman–Crippen MR) is 57.1 cm³/mol. The molecule has 0 saturated carbocycles. The first-order chi connectivity index (χ1) is 7.37. The fraction of sp³-hybridized carbons (Fsp3) is 0.800. The Hall–Kier alpha value is -1.14. The molecular weight excluding hydrogens is 214 g/mol. The van der Waals surface area contributed by atoms with Gasteiger partial charge in [-0.05, 0) is 20.3 Å². The Kier molecular flexibility index (Phi) is 5.98. The smallest absolute Gasteiger partial charge is 0.323 e. The number of aliphatic carboxylic acids is 1. The molecule has 0 spiro atoms. The maximum absolute atomic E-state index is 11.2. The van der Waals surface area contributed by atoms with Gasteiger partial charge < -0.3 is 14.6 Å². The average molecular weight is 233 g/mol. The molecular formula is C10H19NO5. The zero-order valence-electron chi connectivity index (χ0n) is 10.1. The van der Waals surface area contributed by atoms with E-state index in [9.17, 15) is 9.59 Å². The van der Waals surface area contributed by atoms with Crippen LogP contribution in [-0.4, -0.2) is 49.5 Å². The van der Waals surface area contributed by atoms with Gasteiger partial charge >= 0.3 is 11.9 Å². The lowest BCUT2D eigenvalue weighted by Crippen LogP contribution is -2.55. The molecule has 0 aliphatic heterocycles. The number of hydrogen-bond acceptors (Lipinski definition) is 5. The van der Waals surface area contributed by atoms with E-state index in [0.717, 1.165) is 0 Å². The van der Waals surface area contributed by atoms with Crippen LogP contribution in [0.4, 0.5) is 0 Å². The van der Waals surface area contributed by atoms with E-state index in [0.29, 0.717) is 6.61 Å². The molecule has 6 heteroatoms. The minimum atomic E-state index is -1.20. The lowest BCUT2D eigenvalue weighted by Gasteiger charge is -2.28.